The van der Waals surface area contributed by atoms with E-state index >= 15 is 0 Å². The highest BCUT2D eigenvalue weighted by Gasteiger charge is 2.52. The lowest BCUT2D eigenvalue weighted by Crippen LogP contribution is -2.49. The zero-order valence-corrected chi connectivity index (χ0v) is 15.9. The smallest absolute Gasteiger partial charge is 0.393 e. The standard InChI is InChI=1S/C19H24F3N3O3/c1-3-18(13-6-8-15(28-2)9-7-13)16(26)25(17(27)23-18)12-24-10-4-5-14(11-24)19(20,21)22/h6-9,14H,3-5,10-12H2,1-2H3,(H,23,27). The van der Waals surface area contributed by atoms with E-state index in [1.807, 2.05) is 0 Å². The minimum atomic E-state index is -4.27. The van der Waals surface area contributed by atoms with E-state index < -0.39 is 29.6 Å². The molecule has 6 nitrogen and oxygen atoms in total. The van der Waals surface area contributed by atoms with Gasteiger partial charge in [0.15, 0.2) is 0 Å². The van der Waals surface area contributed by atoms with Crippen molar-refractivity contribution in [2.24, 2.45) is 5.92 Å². The predicted octanol–water partition coefficient (Wildman–Crippen LogP) is 3.08. The summed E-state index contributed by atoms with van der Waals surface area (Å²) in [7, 11) is 1.53. The number of rotatable bonds is 5. The van der Waals surface area contributed by atoms with Gasteiger partial charge in [0.05, 0.1) is 19.7 Å². The molecule has 3 amide bonds. The van der Waals surface area contributed by atoms with Crippen molar-refractivity contribution < 1.29 is 27.5 Å². The first kappa shape index (κ1) is 20.4. The SMILES string of the molecule is CCC1(c2ccc(OC)cc2)NC(=O)N(CN2CCCC(C(F)(F)F)C2)C1=O. The molecule has 9 heteroatoms. The van der Waals surface area contributed by atoms with Crippen LogP contribution in [-0.4, -0.2) is 54.8 Å². The van der Waals surface area contributed by atoms with E-state index in [0.29, 0.717) is 30.7 Å². The van der Waals surface area contributed by atoms with Crippen LogP contribution in [0, 0.1) is 5.92 Å². The van der Waals surface area contributed by atoms with E-state index in [4.69, 9.17) is 4.74 Å². The summed E-state index contributed by atoms with van der Waals surface area (Å²) in [5, 5.41) is 2.75. The Labute approximate surface area is 161 Å². The summed E-state index contributed by atoms with van der Waals surface area (Å²) in [5.41, 5.74) is -0.605. The fraction of sp³-hybridized carbons (Fsp3) is 0.579. The van der Waals surface area contributed by atoms with E-state index in [1.54, 1.807) is 31.2 Å². The molecule has 2 atom stereocenters. The van der Waals surface area contributed by atoms with E-state index in [2.05, 4.69) is 5.32 Å². The molecular weight excluding hydrogens is 375 g/mol. The van der Waals surface area contributed by atoms with Crippen molar-refractivity contribution in [3.8, 4) is 5.75 Å². The van der Waals surface area contributed by atoms with E-state index in [1.165, 1.54) is 12.0 Å². The van der Waals surface area contributed by atoms with Crippen LogP contribution in [0.4, 0.5) is 18.0 Å². The molecule has 0 saturated carbocycles. The van der Waals surface area contributed by atoms with Crippen molar-refractivity contribution in [1.82, 2.24) is 15.1 Å². The normalized spacial score (nSPS) is 26.5. The molecule has 2 saturated heterocycles. The zero-order chi connectivity index (χ0) is 20.5. The molecule has 1 aromatic carbocycles. The van der Waals surface area contributed by atoms with Crippen LogP contribution in [0.2, 0.25) is 0 Å². The molecule has 1 N–H and O–H groups in total. The molecular formula is C19H24F3N3O3. The van der Waals surface area contributed by atoms with E-state index in [-0.39, 0.29) is 19.6 Å². The van der Waals surface area contributed by atoms with Gasteiger partial charge in [0.1, 0.15) is 11.3 Å². The summed E-state index contributed by atoms with van der Waals surface area (Å²) in [6.07, 6.45) is -3.49. The van der Waals surface area contributed by atoms with Crippen LogP contribution in [0.3, 0.4) is 0 Å². The number of likely N-dealkylation sites (tertiary alicyclic amines) is 1. The van der Waals surface area contributed by atoms with Crippen LogP contribution in [0.5, 0.6) is 5.75 Å². The summed E-state index contributed by atoms with van der Waals surface area (Å²) in [6, 6.07) is 6.24. The lowest BCUT2D eigenvalue weighted by atomic mass is 9.87. The number of carbonyl (C=O) groups is 2. The Morgan fingerprint density at radius 3 is 2.50 bits per heavy atom. The molecule has 0 spiro atoms. The van der Waals surface area contributed by atoms with Gasteiger partial charge >= 0.3 is 12.2 Å². The highest BCUT2D eigenvalue weighted by Crippen LogP contribution is 2.35. The van der Waals surface area contributed by atoms with Crippen LogP contribution < -0.4 is 10.1 Å². The number of benzene rings is 1. The quantitative estimate of drug-likeness (QED) is 0.773. The average molecular weight is 399 g/mol. The first-order valence-electron chi connectivity index (χ1n) is 9.29. The molecule has 2 fully saturated rings. The molecule has 2 unspecified atom stereocenters. The number of imide groups is 1. The minimum absolute atomic E-state index is 0.0743. The molecule has 0 bridgehead atoms. The van der Waals surface area contributed by atoms with Gasteiger partial charge < -0.3 is 10.1 Å². The number of nitrogens with zero attached hydrogens (tertiary/aromatic N) is 2. The maximum atomic E-state index is 13.1. The van der Waals surface area contributed by atoms with Gasteiger partial charge in [-0.15, -0.1) is 0 Å². The maximum Gasteiger partial charge on any atom is 0.393 e. The monoisotopic (exact) mass is 399 g/mol. The Morgan fingerprint density at radius 2 is 1.93 bits per heavy atom. The van der Waals surface area contributed by atoms with Gasteiger partial charge in [-0.3, -0.25) is 9.69 Å². The zero-order valence-electron chi connectivity index (χ0n) is 15.9. The first-order chi connectivity index (χ1) is 13.2. The second-order valence-corrected chi connectivity index (χ2v) is 7.25. The third kappa shape index (κ3) is 3.67. The molecule has 2 aliphatic heterocycles. The number of alkyl halides is 3. The largest absolute Gasteiger partial charge is 0.497 e. The molecule has 2 heterocycles. The summed E-state index contributed by atoms with van der Waals surface area (Å²) < 4.78 is 44.3. The minimum Gasteiger partial charge on any atom is -0.497 e. The molecule has 0 aromatic heterocycles. The number of halogens is 3. The summed E-state index contributed by atoms with van der Waals surface area (Å²) >= 11 is 0. The third-order valence-corrected chi connectivity index (χ3v) is 5.60. The van der Waals surface area contributed by atoms with Gasteiger partial charge in [0, 0.05) is 6.54 Å². The van der Waals surface area contributed by atoms with Crippen LogP contribution in [0.1, 0.15) is 31.7 Å². The van der Waals surface area contributed by atoms with Gasteiger partial charge in [-0.2, -0.15) is 13.2 Å². The molecule has 3 rings (SSSR count). The van der Waals surface area contributed by atoms with Gasteiger partial charge in [0.25, 0.3) is 5.91 Å². The van der Waals surface area contributed by atoms with E-state index in [9.17, 15) is 22.8 Å². The second-order valence-electron chi connectivity index (χ2n) is 7.25. The number of urea groups is 1. The van der Waals surface area contributed by atoms with Crippen LogP contribution in [-0.2, 0) is 10.3 Å². The number of methoxy groups -OCH3 is 1. The Kier molecular flexibility index (Phi) is 5.56. The van der Waals surface area contributed by atoms with Crippen LogP contribution >= 0.6 is 0 Å². The lowest BCUT2D eigenvalue weighted by Gasteiger charge is -2.35. The Balaban J connectivity index is 1.78. The van der Waals surface area contributed by atoms with Crippen molar-refractivity contribution in [1.29, 1.82) is 0 Å². The lowest BCUT2D eigenvalue weighted by molar-refractivity contribution is -0.187. The van der Waals surface area contributed by atoms with Gasteiger partial charge in [-0.25, -0.2) is 9.69 Å². The molecule has 28 heavy (non-hydrogen) atoms. The highest BCUT2D eigenvalue weighted by molar-refractivity contribution is 6.07. The maximum absolute atomic E-state index is 13.1. The average Bonchev–Trinajstić information content (AvgIpc) is 2.93. The topological polar surface area (TPSA) is 61.9 Å². The molecule has 0 radical (unpaired) electrons. The Bertz CT molecular complexity index is 738. The number of nitrogens with one attached hydrogen (secondary N) is 1. The van der Waals surface area contributed by atoms with Crippen molar-refractivity contribution in [3.63, 3.8) is 0 Å². The summed E-state index contributed by atoms with van der Waals surface area (Å²) in [6.45, 7) is 1.86. The molecule has 2 aliphatic rings. The molecule has 1 aromatic rings. The fourth-order valence-electron chi connectivity index (χ4n) is 3.92. The number of ether oxygens (including phenoxy) is 1. The number of carbonyl (C=O) groups excluding carboxylic acids is 2. The van der Waals surface area contributed by atoms with Crippen molar-refractivity contribution in [3.05, 3.63) is 29.8 Å². The number of amides is 3. The van der Waals surface area contributed by atoms with E-state index in [0.717, 1.165) is 4.90 Å². The predicted molar refractivity (Wildman–Crippen MR) is 95.6 cm³/mol. The van der Waals surface area contributed by atoms with Crippen LogP contribution in [0.25, 0.3) is 0 Å². The summed E-state index contributed by atoms with van der Waals surface area (Å²) in [4.78, 5) is 28.2. The van der Waals surface area contributed by atoms with Crippen molar-refractivity contribution in [2.75, 3.05) is 26.9 Å². The molecule has 0 aliphatic carbocycles. The number of piperidine rings is 1. The van der Waals surface area contributed by atoms with Crippen LogP contribution in [0.15, 0.2) is 24.3 Å². The summed E-state index contributed by atoms with van der Waals surface area (Å²) in [5.74, 6) is -1.26. The van der Waals surface area contributed by atoms with Gasteiger partial charge in [-0.1, -0.05) is 19.1 Å². The fourth-order valence-corrected chi connectivity index (χ4v) is 3.92. The Hall–Kier alpha value is -2.29. The van der Waals surface area contributed by atoms with Crippen molar-refractivity contribution in [2.45, 2.75) is 37.9 Å². The van der Waals surface area contributed by atoms with Gasteiger partial charge in [0.2, 0.25) is 0 Å². The third-order valence-electron chi connectivity index (χ3n) is 5.60. The van der Waals surface area contributed by atoms with Gasteiger partial charge in [-0.05, 0) is 43.5 Å². The number of hydrogen-bond acceptors (Lipinski definition) is 4. The first-order valence-corrected chi connectivity index (χ1v) is 9.29. The molecule has 154 valence electrons. The van der Waals surface area contributed by atoms with Crippen molar-refractivity contribution >= 4 is 11.9 Å². The Morgan fingerprint density at radius 1 is 1.25 bits per heavy atom. The number of hydrogen-bond donors (Lipinski definition) is 1. The highest BCUT2D eigenvalue weighted by atomic mass is 19.4. The second kappa shape index (κ2) is 7.62.